The molecule has 3 rings (SSSR count). The topological polar surface area (TPSA) is 29.9 Å². The number of rotatable bonds is 4. The van der Waals surface area contributed by atoms with Crippen LogP contribution in [0.1, 0.15) is 17.3 Å². The molecule has 3 aromatic rings. The van der Waals surface area contributed by atoms with E-state index in [2.05, 4.69) is 68.8 Å². The maximum absolute atomic E-state index is 4.32. The van der Waals surface area contributed by atoms with Crippen LogP contribution in [0, 0.1) is 0 Å². The molecule has 1 heterocycles. The second-order valence-electron chi connectivity index (χ2n) is 5.19. The molecule has 2 aromatic carbocycles. The van der Waals surface area contributed by atoms with Crippen LogP contribution >= 0.6 is 15.9 Å². The molecule has 0 saturated carbocycles. The van der Waals surface area contributed by atoms with E-state index in [1.807, 2.05) is 25.0 Å². The highest BCUT2D eigenvalue weighted by Gasteiger charge is 2.18. The Balaban J connectivity index is 2.00. The fourth-order valence-electron chi connectivity index (χ4n) is 2.84. The average Bonchev–Trinajstić information content (AvgIpc) is 2.84. The Kier molecular flexibility index (Phi) is 4.08. The molecular formula is C17H18BrN3. The highest BCUT2D eigenvalue weighted by Crippen LogP contribution is 2.28. The second-order valence-corrected chi connectivity index (χ2v) is 6.04. The largest absolute Gasteiger partial charge is 0.311 e. The highest BCUT2D eigenvalue weighted by molar-refractivity contribution is 9.10. The molecule has 4 heteroatoms. The fourth-order valence-corrected chi connectivity index (χ4v) is 3.46. The third-order valence-electron chi connectivity index (χ3n) is 3.92. The Morgan fingerprint density at radius 1 is 1.19 bits per heavy atom. The molecule has 3 nitrogen and oxygen atoms in total. The van der Waals surface area contributed by atoms with Gasteiger partial charge >= 0.3 is 0 Å². The Hall–Kier alpha value is -1.65. The second kappa shape index (κ2) is 6.00. The van der Waals surface area contributed by atoms with Crippen LogP contribution in [-0.4, -0.2) is 16.8 Å². The molecular weight excluding hydrogens is 326 g/mol. The lowest BCUT2D eigenvalue weighted by Gasteiger charge is -2.18. The number of hydrogen-bond donors (Lipinski definition) is 1. The van der Waals surface area contributed by atoms with Gasteiger partial charge in [0.2, 0.25) is 0 Å². The van der Waals surface area contributed by atoms with Gasteiger partial charge < -0.3 is 5.32 Å². The number of nitrogens with zero attached hydrogens (tertiary/aromatic N) is 2. The van der Waals surface area contributed by atoms with Gasteiger partial charge in [0.1, 0.15) is 0 Å². The van der Waals surface area contributed by atoms with Crippen molar-refractivity contribution in [2.75, 3.05) is 7.05 Å². The molecule has 0 saturated heterocycles. The van der Waals surface area contributed by atoms with E-state index in [0.717, 1.165) is 10.9 Å². The molecule has 0 aliphatic rings. The fraction of sp³-hybridized carbons (Fsp3) is 0.235. The predicted octanol–water partition coefficient (Wildman–Crippen LogP) is 3.84. The van der Waals surface area contributed by atoms with Crippen molar-refractivity contribution >= 4 is 26.7 Å². The van der Waals surface area contributed by atoms with Crippen molar-refractivity contribution in [1.82, 2.24) is 15.1 Å². The molecule has 0 aliphatic carbocycles. The van der Waals surface area contributed by atoms with Crippen LogP contribution in [-0.2, 0) is 13.5 Å². The molecule has 21 heavy (non-hydrogen) atoms. The lowest BCUT2D eigenvalue weighted by molar-refractivity contribution is 0.537. The first-order valence-corrected chi connectivity index (χ1v) is 7.81. The van der Waals surface area contributed by atoms with E-state index < -0.39 is 0 Å². The van der Waals surface area contributed by atoms with E-state index >= 15 is 0 Å². The third-order valence-corrected chi connectivity index (χ3v) is 4.53. The SMILES string of the molecule is CNC(Cc1cccc2ccccc12)c1c(Br)cnn1C. The lowest BCUT2D eigenvalue weighted by Crippen LogP contribution is -2.22. The van der Waals surface area contributed by atoms with Crippen LogP contribution in [0.15, 0.2) is 53.1 Å². The molecule has 0 fully saturated rings. The van der Waals surface area contributed by atoms with Gasteiger partial charge in [-0.05, 0) is 45.7 Å². The zero-order valence-corrected chi connectivity index (χ0v) is 13.8. The van der Waals surface area contributed by atoms with E-state index in [9.17, 15) is 0 Å². The number of hydrogen-bond acceptors (Lipinski definition) is 2. The number of nitrogens with one attached hydrogen (secondary N) is 1. The van der Waals surface area contributed by atoms with Crippen molar-refractivity contribution < 1.29 is 0 Å². The minimum atomic E-state index is 0.220. The van der Waals surface area contributed by atoms with Gasteiger partial charge in [-0.2, -0.15) is 5.10 Å². The van der Waals surface area contributed by atoms with Crippen molar-refractivity contribution in [1.29, 1.82) is 0 Å². The maximum Gasteiger partial charge on any atom is 0.0695 e. The molecule has 1 N–H and O–H groups in total. The van der Waals surface area contributed by atoms with Crippen molar-refractivity contribution in [2.45, 2.75) is 12.5 Å². The summed E-state index contributed by atoms with van der Waals surface area (Å²) in [5.41, 5.74) is 2.52. The summed E-state index contributed by atoms with van der Waals surface area (Å²) in [6.45, 7) is 0. The number of likely N-dealkylation sites (N-methyl/N-ethyl adjacent to an activating group) is 1. The summed E-state index contributed by atoms with van der Waals surface area (Å²) in [5, 5.41) is 10.3. The summed E-state index contributed by atoms with van der Waals surface area (Å²) in [7, 11) is 3.97. The maximum atomic E-state index is 4.32. The van der Waals surface area contributed by atoms with E-state index in [1.165, 1.54) is 22.0 Å². The number of fused-ring (bicyclic) bond motifs is 1. The highest BCUT2D eigenvalue weighted by atomic mass is 79.9. The zero-order chi connectivity index (χ0) is 14.8. The van der Waals surface area contributed by atoms with Crippen LogP contribution in [0.3, 0.4) is 0 Å². The van der Waals surface area contributed by atoms with Gasteiger partial charge in [-0.3, -0.25) is 4.68 Å². The van der Waals surface area contributed by atoms with Gasteiger partial charge in [0, 0.05) is 7.05 Å². The summed E-state index contributed by atoms with van der Waals surface area (Å²) in [5.74, 6) is 0. The molecule has 1 aromatic heterocycles. The summed E-state index contributed by atoms with van der Waals surface area (Å²) in [6, 6.07) is 15.2. The van der Waals surface area contributed by atoms with Gasteiger partial charge in [-0.1, -0.05) is 42.5 Å². The first-order chi connectivity index (χ1) is 10.2. The van der Waals surface area contributed by atoms with E-state index in [-0.39, 0.29) is 6.04 Å². The minimum Gasteiger partial charge on any atom is -0.311 e. The van der Waals surface area contributed by atoms with Gasteiger partial charge in [-0.15, -0.1) is 0 Å². The summed E-state index contributed by atoms with van der Waals surface area (Å²) >= 11 is 3.60. The van der Waals surface area contributed by atoms with E-state index in [0.29, 0.717) is 0 Å². The number of aromatic nitrogens is 2. The molecule has 0 radical (unpaired) electrons. The number of benzene rings is 2. The van der Waals surface area contributed by atoms with E-state index in [4.69, 9.17) is 0 Å². The summed E-state index contributed by atoms with van der Waals surface area (Å²) in [6.07, 6.45) is 2.78. The molecule has 0 spiro atoms. The summed E-state index contributed by atoms with van der Waals surface area (Å²) < 4.78 is 2.97. The third kappa shape index (κ3) is 2.74. The van der Waals surface area contributed by atoms with E-state index in [1.54, 1.807) is 0 Å². The van der Waals surface area contributed by atoms with Crippen molar-refractivity contribution in [2.24, 2.45) is 7.05 Å². The monoisotopic (exact) mass is 343 g/mol. The van der Waals surface area contributed by atoms with Crippen molar-refractivity contribution in [3.8, 4) is 0 Å². The molecule has 1 atom stereocenters. The van der Waals surface area contributed by atoms with Crippen LogP contribution < -0.4 is 5.32 Å². The van der Waals surface area contributed by atoms with Crippen LogP contribution in [0.5, 0.6) is 0 Å². The van der Waals surface area contributed by atoms with Crippen LogP contribution in [0.25, 0.3) is 10.8 Å². The quantitative estimate of drug-likeness (QED) is 0.779. The first kappa shape index (κ1) is 14.3. The molecule has 0 amide bonds. The summed E-state index contributed by atoms with van der Waals surface area (Å²) in [4.78, 5) is 0. The lowest BCUT2D eigenvalue weighted by atomic mass is 9.97. The van der Waals surface area contributed by atoms with Crippen LogP contribution in [0.4, 0.5) is 0 Å². The molecule has 0 bridgehead atoms. The Bertz CT molecular complexity index is 739. The van der Waals surface area contributed by atoms with Gasteiger partial charge in [-0.25, -0.2) is 0 Å². The van der Waals surface area contributed by atoms with Gasteiger partial charge in [0.15, 0.2) is 0 Å². The minimum absolute atomic E-state index is 0.220. The number of aryl methyl sites for hydroxylation is 1. The molecule has 108 valence electrons. The smallest absolute Gasteiger partial charge is 0.0695 e. The zero-order valence-electron chi connectivity index (χ0n) is 12.2. The average molecular weight is 344 g/mol. The normalized spacial score (nSPS) is 12.7. The van der Waals surface area contributed by atoms with Crippen LogP contribution in [0.2, 0.25) is 0 Å². The first-order valence-electron chi connectivity index (χ1n) is 7.02. The van der Waals surface area contributed by atoms with Crippen molar-refractivity contribution in [3.63, 3.8) is 0 Å². The van der Waals surface area contributed by atoms with Gasteiger partial charge in [0.05, 0.1) is 22.4 Å². The Labute approximate surface area is 133 Å². The Morgan fingerprint density at radius 2 is 1.95 bits per heavy atom. The molecule has 0 aliphatic heterocycles. The number of halogens is 1. The Morgan fingerprint density at radius 3 is 2.67 bits per heavy atom. The molecule has 1 unspecified atom stereocenters. The standard InChI is InChI=1S/C17H18BrN3/c1-19-16(17-15(18)11-20-21(17)2)10-13-8-5-7-12-6-3-4-9-14(12)13/h3-9,11,16,19H,10H2,1-2H3. The van der Waals surface area contributed by atoms with Crippen molar-refractivity contribution in [3.05, 3.63) is 64.4 Å². The van der Waals surface area contributed by atoms with Gasteiger partial charge in [0.25, 0.3) is 0 Å². The predicted molar refractivity (Wildman–Crippen MR) is 90.4 cm³/mol.